The van der Waals surface area contributed by atoms with E-state index in [4.69, 9.17) is 9.47 Å². The van der Waals surface area contributed by atoms with E-state index in [0.717, 1.165) is 12.0 Å². The molecule has 1 fully saturated rings. The van der Waals surface area contributed by atoms with Crippen molar-refractivity contribution < 1.29 is 19.1 Å². The van der Waals surface area contributed by atoms with Gasteiger partial charge in [0.15, 0.2) is 5.82 Å². The molecule has 0 saturated carbocycles. The van der Waals surface area contributed by atoms with E-state index in [0.29, 0.717) is 37.7 Å². The summed E-state index contributed by atoms with van der Waals surface area (Å²) in [7, 11) is 0. The van der Waals surface area contributed by atoms with Crippen molar-refractivity contribution >= 4 is 11.9 Å². The molecular weight excluding hydrogens is 406 g/mol. The summed E-state index contributed by atoms with van der Waals surface area (Å²) in [6.45, 7) is 2.97. The molecule has 3 aromatic rings. The van der Waals surface area contributed by atoms with E-state index in [9.17, 15) is 9.59 Å². The van der Waals surface area contributed by atoms with Crippen LogP contribution in [0, 0.1) is 5.92 Å². The van der Waals surface area contributed by atoms with Gasteiger partial charge in [-0.2, -0.15) is 4.98 Å². The number of aromatic nitrogens is 2. The third kappa shape index (κ3) is 4.94. The molecule has 1 aliphatic rings. The van der Waals surface area contributed by atoms with Crippen LogP contribution in [-0.2, 0) is 9.53 Å². The number of likely N-dealkylation sites (tertiary alicyclic amines) is 1. The average Bonchev–Trinajstić information content (AvgIpc) is 2.85. The van der Waals surface area contributed by atoms with Crippen LogP contribution in [-0.4, -0.2) is 46.4 Å². The van der Waals surface area contributed by atoms with Crippen molar-refractivity contribution in [3.8, 4) is 23.0 Å². The summed E-state index contributed by atoms with van der Waals surface area (Å²) in [6, 6.07) is 18.7. The fraction of sp³-hybridized carbons (Fsp3) is 0.280. The number of benzene rings is 2. The van der Waals surface area contributed by atoms with Crippen LogP contribution in [0.1, 0.15) is 30.1 Å². The predicted octanol–water partition coefficient (Wildman–Crippen LogP) is 4.35. The summed E-state index contributed by atoms with van der Waals surface area (Å²) in [5.74, 6) is 0.383. The zero-order chi connectivity index (χ0) is 22.3. The van der Waals surface area contributed by atoms with Crippen LogP contribution >= 0.6 is 0 Å². The quantitative estimate of drug-likeness (QED) is 0.540. The molecule has 0 aliphatic carbocycles. The van der Waals surface area contributed by atoms with Gasteiger partial charge in [-0.15, -0.1) is 0 Å². The maximum absolute atomic E-state index is 13.4. The van der Waals surface area contributed by atoms with Gasteiger partial charge in [0.1, 0.15) is 11.3 Å². The summed E-state index contributed by atoms with van der Waals surface area (Å²) in [5.41, 5.74) is 1.09. The monoisotopic (exact) mass is 431 g/mol. The number of nitrogens with zero attached hydrogens (tertiary/aromatic N) is 3. The molecule has 0 spiro atoms. The van der Waals surface area contributed by atoms with Gasteiger partial charge in [0, 0.05) is 24.8 Å². The van der Waals surface area contributed by atoms with Crippen molar-refractivity contribution in [2.24, 2.45) is 5.92 Å². The zero-order valence-corrected chi connectivity index (χ0v) is 17.9. The van der Waals surface area contributed by atoms with Gasteiger partial charge in [-0.05, 0) is 31.9 Å². The maximum Gasteiger partial charge on any atom is 0.310 e. The topological polar surface area (TPSA) is 81.6 Å². The normalized spacial score (nSPS) is 15.8. The molecule has 0 bridgehead atoms. The Hall–Kier alpha value is -3.74. The van der Waals surface area contributed by atoms with Crippen LogP contribution < -0.4 is 4.74 Å². The molecule has 1 aliphatic heterocycles. The van der Waals surface area contributed by atoms with Gasteiger partial charge in [-0.25, -0.2) is 4.98 Å². The van der Waals surface area contributed by atoms with Crippen molar-refractivity contribution in [3.05, 3.63) is 72.4 Å². The highest BCUT2D eigenvalue weighted by molar-refractivity contribution is 5.96. The Bertz CT molecular complexity index is 1070. The number of hydrogen-bond donors (Lipinski definition) is 0. The third-order valence-corrected chi connectivity index (χ3v) is 5.30. The Labute approximate surface area is 187 Å². The lowest BCUT2D eigenvalue weighted by Gasteiger charge is -2.31. The van der Waals surface area contributed by atoms with Gasteiger partial charge in [-0.3, -0.25) is 9.59 Å². The van der Waals surface area contributed by atoms with E-state index in [-0.39, 0.29) is 29.2 Å². The zero-order valence-electron chi connectivity index (χ0n) is 17.9. The summed E-state index contributed by atoms with van der Waals surface area (Å²) < 4.78 is 11.2. The Morgan fingerprint density at radius 1 is 1.06 bits per heavy atom. The lowest BCUT2D eigenvalue weighted by atomic mass is 9.97. The SMILES string of the molecule is CCOC(=O)C1CCCN(C(=O)c2cnc(-c3ccccc3)nc2Oc2ccccc2)C1. The number of rotatable bonds is 6. The van der Waals surface area contributed by atoms with Gasteiger partial charge in [0.2, 0.25) is 5.88 Å². The first kappa shape index (κ1) is 21.5. The molecule has 164 valence electrons. The second kappa shape index (κ2) is 10.0. The molecule has 2 aromatic carbocycles. The number of esters is 1. The largest absolute Gasteiger partial charge is 0.466 e. The van der Waals surface area contributed by atoms with Crippen molar-refractivity contribution in [1.29, 1.82) is 0 Å². The molecule has 1 amide bonds. The third-order valence-electron chi connectivity index (χ3n) is 5.30. The lowest BCUT2D eigenvalue weighted by Crippen LogP contribution is -2.43. The molecule has 1 unspecified atom stereocenters. The number of ether oxygens (including phenoxy) is 2. The summed E-state index contributed by atoms with van der Waals surface area (Å²) in [6.07, 6.45) is 2.94. The van der Waals surface area contributed by atoms with Gasteiger partial charge in [-0.1, -0.05) is 48.5 Å². The van der Waals surface area contributed by atoms with Crippen molar-refractivity contribution in [2.75, 3.05) is 19.7 Å². The smallest absolute Gasteiger partial charge is 0.310 e. The number of amides is 1. The highest BCUT2D eigenvalue weighted by Crippen LogP contribution is 2.28. The first-order valence-corrected chi connectivity index (χ1v) is 10.8. The van der Waals surface area contributed by atoms with E-state index in [1.807, 2.05) is 48.5 Å². The maximum atomic E-state index is 13.4. The second-order valence-corrected chi connectivity index (χ2v) is 7.54. The van der Waals surface area contributed by atoms with E-state index in [2.05, 4.69) is 9.97 Å². The molecule has 2 heterocycles. The van der Waals surface area contributed by atoms with Crippen LogP contribution in [0.3, 0.4) is 0 Å². The molecule has 0 radical (unpaired) electrons. The molecule has 4 rings (SSSR count). The summed E-state index contributed by atoms with van der Waals surface area (Å²) in [4.78, 5) is 36.2. The van der Waals surface area contributed by atoms with Gasteiger partial charge in [0.25, 0.3) is 5.91 Å². The van der Waals surface area contributed by atoms with E-state index < -0.39 is 0 Å². The molecular formula is C25H25N3O4. The first-order valence-electron chi connectivity index (χ1n) is 10.8. The minimum absolute atomic E-state index is 0.188. The van der Waals surface area contributed by atoms with Crippen LogP contribution in [0.2, 0.25) is 0 Å². The highest BCUT2D eigenvalue weighted by Gasteiger charge is 2.31. The van der Waals surface area contributed by atoms with Crippen molar-refractivity contribution in [1.82, 2.24) is 14.9 Å². The first-order chi connectivity index (χ1) is 15.7. The minimum atomic E-state index is -0.323. The van der Waals surface area contributed by atoms with Crippen molar-refractivity contribution in [3.63, 3.8) is 0 Å². The average molecular weight is 431 g/mol. The molecule has 1 atom stereocenters. The molecule has 1 aromatic heterocycles. The molecule has 7 heteroatoms. The number of para-hydroxylation sites is 1. The molecule has 7 nitrogen and oxygen atoms in total. The number of carbonyl (C=O) groups is 2. The van der Waals surface area contributed by atoms with Gasteiger partial charge < -0.3 is 14.4 Å². The Kier molecular flexibility index (Phi) is 6.75. The Morgan fingerprint density at radius 3 is 2.50 bits per heavy atom. The Morgan fingerprint density at radius 2 is 1.78 bits per heavy atom. The number of hydrogen-bond acceptors (Lipinski definition) is 6. The second-order valence-electron chi connectivity index (χ2n) is 7.54. The number of piperidine rings is 1. The fourth-order valence-electron chi connectivity index (χ4n) is 3.70. The van der Waals surface area contributed by atoms with E-state index in [1.165, 1.54) is 6.20 Å². The fourth-order valence-corrected chi connectivity index (χ4v) is 3.70. The van der Waals surface area contributed by atoms with Gasteiger partial charge >= 0.3 is 5.97 Å². The van der Waals surface area contributed by atoms with Crippen LogP contribution in [0.5, 0.6) is 11.6 Å². The minimum Gasteiger partial charge on any atom is -0.466 e. The van der Waals surface area contributed by atoms with E-state index >= 15 is 0 Å². The lowest BCUT2D eigenvalue weighted by molar-refractivity contribution is -0.149. The molecule has 1 saturated heterocycles. The van der Waals surface area contributed by atoms with Crippen LogP contribution in [0.15, 0.2) is 66.9 Å². The summed E-state index contributed by atoms with van der Waals surface area (Å²) in [5, 5.41) is 0. The van der Waals surface area contributed by atoms with Crippen molar-refractivity contribution in [2.45, 2.75) is 19.8 Å². The summed E-state index contributed by atoms with van der Waals surface area (Å²) >= 11 is 0. The highest BCUT2D eigenvalue weighted by atomic mass is 16.5. The van der Waals surface area contributed by atoms with Gasteiger partial charge in [0.05, 0.1) is 12.5 Å². The standard InChI is InChI=1S/C25H25N3O4/c1-2-31-25(30)19-12-9-15-28(17-19)24(29)21-16-26-22(18-10-5-3-6-11-18)27-23(21)32-20-13-7-4-8-14-20/h3-8,10-11,13-14,16,19H,2,9,12,15,17H2,1H3. The molecule has 0 N–H and O–H groups in total. The number of carbonyl (C=O) groups excluding carboxylic acids is 2. The Balaban J connectivity index is 1.64. The predicted molar refractivity (Wildman–Crippen MR) is 119 cm³/mol. The molecule has 32 heavy (non-hydrogen) atoms. The van der Waals surface area contributed by atoms with E-state index in [1.54, 1.807) is 24.0 Å². The van der Waals surface area contributed by atoms with Crippen LogP contribution in [0.25, 0.3) is 11.4 Å². The van der Waals surface area contributed by atoms with Crippen LogP contribution in [0.4, 0.5) is 0 Å².